The maximum atomic E-state index is 12.7. The molecule has 2 aliphatic rings. The molecular formula is C23H35N3OS. The number of likely N-dealkylation sites (N-methyl/N-ethyl adjacent to an activating group) is 1. The fraction of sp³-hybridized carbons (Fsp3) is 0.739. The summed E-state index contributed by atoms with van der Waals surface area (Å²) in [6.07, 6.45) is 10.5. The Morgan fingerprint density at radius 3 is 2.64 bits per heavy atom. The van der Waals surface area contributed by atoms with Gasteiger partial charge in [0.25, 0.3) is 0 Å². The third-order valence-electron chi connectivity index (χ3n) is 7.24. The lowest BCUT2D eigenvalue weighted by Gasteiger charge is -2.36. The van der Waals surface area contributed by atoms with E-state index >= 15 is 0 Å². The van der Waals surface area contributed by atoms with Crippen LogP contribution in [-0.2, 0) is 17.6 Å². The average molecular weight is 402 g/mol. The Balaban J connectivity index is 1.68. The summed E-state index contributed by atoms with van der Waals surface area (Å²) in [5, 5.41) is 13.6. The van der Waals surface area contributed by atoms with E-state index in [1.54, 1.807) is 11.3 Å². The van der Waals surface area contributed by atoms with E-state index in [1.807, 2.05) is 0 Å². The predicted molar refractivity (Wildman–Crippen MR) is 117 cm³/mol. The first kappa shape index (κ1) is 21.3. The summed E-state index contributed by atoms with van der Waals surface area (Å²) in [6.45, 7) is 7.37. The highest BCUT2D eigenvalue weighted by Crippen LogP contribution is 2.45. The molecule has 1 amide bonds. The zero-order chi connectivity index (χ0) is 20.3. The van der Waals surface area contributed by atoms with Crippen LogP contribution in [-0.4, -0.2) is 30.4 Å². The van der Waals surface area contributed by atoms with E-state index in [0.717, 1.165) is 24.3 Å². The Labute approximate surface area is 174 Å². The SMILES string of the molecule is CCC(C)(C)C1CCc2c(sc(NC(=O)CN(C)C3CCCCC3)c2C#N)C1. The molecule has 154 valence electrons. The molecule has 1 aromatic rings. The summed E-state index contributed by atoms with van der Waals surface area (Å²) >= 11 is 1.63. The topological polar surface area (TPSA) is 56.1 Å². The Morgan fingerprint density at radius 1 is 1.29 bits per heavy atom. The van der Waals surface area contributed by atoms with E-state index in [9.17, 15) is 10.1 Å². The molecule has 2 aliphatic carbocycles. The molecule has 0 bridgehead atoms. The number of fused-ring (bicyclic) bond motifs is 1. The second-order valence-electron chi connectivity index (χ2n) is 9.36. The molecule has 0 aliphatic heterocycles. The maximum Gasteiger partial charge on any atom is 0.239 e. The Kier molecular flexibility index (Phi) is 6.83. The fourth-order valence-corrected chi connectivity index (χ4v) is 6.09. The summed E-state index contributed by atoms with van der Waals surface area (Å²) in [5.41, 5.74) is 2.22. The number of nitrogens with zero attached hydrogens (tertiary/aromatic N) is 2. The molecule has 0 saturated heterocycles. The Morgan fingerprint density at radius 2 is 2.00 bits per heavy atom. The van der Waals surface area contributed by atoms with E-state index in [2.05, 4.69) is 44.1 Å². The van der Waals surface area contributed by atoms with E-state index in [1.165, 1.54) is 49.0 Å². The second-order valence-corrected chi connectivity index (χ2v) is 10.5. The van der Waals surface area contributed by atoms with Crippen molar-refractivity contribution in [2.75, 3.05) is 18.9 Å². The summed E-state index contributed by atoms with van der Waals surface area (Å²) in [4.78, 5) is 16.2. The van der Waals surface area contributed by atoms with Crippen LogP contribution in [0, 0.1) is 22.7 Å². The van der Waals surface area contributed by atoms with Gasteiger partial charge in [-0.2, -0.15) is 5.26 Å². The third kappa shape index (κ3) is 4.60. The van der Waals surface area contributed by atoms with Crippen molar-refractivity contribution in [3.63, 3.8) is 0 Å². The fourth-order valence-electron chi connectivity index (χ4n) is 4.79. The standard InChI is InChI=1S/C23H35N3OS/c1-5-23(2,3)16-11-12-18-19(14-24)22(28-20(18)13-16)25-21(27)15-26(4)17-9-7-6-8-10-17/h16-17H,5-13,15H2,1-4H3,(H,25,27). The van der Waals surface area contributed by atoms with Crippen LogP contribution >= 0.6 is 11.3 Å². The summed E-state index contributed by atoms with van der Waals surface area (Å²) in [6, 6.07) is 2.89. The predicted octanol–water partition coefficient (Wildman–Crippen LogP) is 5.36. The Hall–Kier alpha value is -1.38. The van der Waals surface area contributed by atoms with Gasteiger partial charge in [0.2, 0.25) is 5.91 Å². The van der Waals surface area contributed by atoms with Crippen LogP contribution in [0.25, 0.3) is 0 Å². The molecule has 1 aromatic heterocycles. The first-order valence-electron chi connectivity index (χ1n) is 10.9. The first-order valence-corrected chi connectivity index (χ1v) is 11.7. The van der Waals surface area contributed by atoms with Gasteiger partial charge in [-0.3, -0.25) is 9.69 Å². The van der Waals surface area contributed by atoms with Crippen molar-refractivity contribution in [1.82, 2.24) is 4.90 Å². The van der Waals surface area contributed by atoms with Crippen LogP contribution in [0.2, 0.25) is 0 Å². The molecule has 0 aromatic carbocycles. The van der Waals surface area contributed by atoms with Crippen LogP contribution in [0.4, 0.5) is 5.00 Å². The van der Waals surface area contributed by atoms with E-state index < -0.39 is 0 Å². The number of nitrogens with one attached hydrogen (secondary N) is 1. The molecule has 0 spiro atoms. The molecule has 1 saturated carbocycles. The molecule has 4 nitrogen and oxygen atoms in total. The lowest BCUT2D eigenvalue weighted by atomic mass is 9.69. The third-order valence-corrected chi connectivity index (χ3v) is 8.41. The molecule has 5 heteroatoms. The molecule has 1 atom stereocenters. The van der Waals surface area contributed by atoms with E-state index in [4.69, 9.17) is 0 Å². The van der Waals surface area contributed by atoms with Crippen molar-refractivity contribution in [2.24, 2.45) is 11.3 Å². The van der Waals surface area contributed by atoms with Gasteiger partial charge in [0.05, 0.1) is 12.1 Å². The number of carbonyl (C=O) groups excluding carboxylic acids is 1. The molecule has 1 fully saturated rings. The number of hydrogen-bond acceptors (Lipinski definition) is 4. The van der Waals surface area contributed by atoms with E-state index in [-0.39, 0.29) is 5.91 Å². The molecular weight excluding hydrogens is 366 g/mol. The van der Waals surface area contributed by atoms with Gasteiger partial charge in [-0.1, -0.05) is 46.5 Å². The molecule has 3 rings (SSSR count). The molecule has 1 N–H and O–H groups in total. The van der Waals surface area contributed by atoms with Crippen LogP contribution < -0.4 is 5.32 Å². The van der Waals surface area contributed by atoms with Crippen LogP contribution in [0.15, 0.2) is 0 Å². The highest BCUT2D eigenvalue weighted by Gasteiger charge is 2.34. The number of hydrogen-bond donors (Lipinski definition) is 1. The first-order chi connectivity index (χ1) is 13.4. The maximum absolute atomic E-state index is 12.7. The second kappa shape index (κ2) is 8.97. The highest BCUT2D eigenvalue weighted by atomic mass is 32.1. The zero-order valence-corrected chi connectivity index (χ0v) is 18.8. The van der Waals surface area contributed by atoms with Crippen molar-refractivity contribution < 1.29 is 4.79 Å². The summed E-state index contributed by atoms with van der Waals surface area (Å²) in [5.74, 6) is 0.657. The van der Waals surface area contributed by atoms with Gasteiger partial charge >= 0.3 is 0 Å². The zero-order valence-electron chi connectivity index (χ0n) is 17.9. The van der Waals surface area contributed by atoms with Gasteiger partial charge in [-0.15, -0.1) is 11.3 Å². The molecule has 0 radical (unpaired) electrons. The van der Waals surface area contributed by atoms with Gasteiger partial charge in [0, 0.05) is 10.9 Å². The van der Waals surface area contributed by atoms with E-state index in [0.29, 0.717) is 29.5 Å². The van der Waals surface area contributed by atoms with Gasteiger partial charge in [-0.05, 0) is 56.0 Å². The highest BCUT2D eigenvalue weighted by molar-refractivity contribution is 7.16. The molecule has 28 heavy (non-hydrogen) atoms. The largest absolute Gasteiger partial charge is 0.315 e. The lowest BCUT2D eigenvalue weighted by Crippen LogP contribution is -2.39. The minimum absolute atomic E-state index is 0.00797. The number of nitriles is 1. The van der Waals surface area contributed by atoms with Gasteiger partial charge in [0.15, 0.2) is 0 Å². The van der Waals surface area contributed by atoms with Crippen molar-refractivity contribution in [3.8, 4) is 6.07 Å². The number of carbonyl (C=O) groups is 1. The lowest BCUT2D eigenvalue weighted by molar-refractivity contribution is -0.117. The number of thiophene rings is 1. The molecule has 1 unspecified atom stereocenters. The van der Waals surface area contributed by atoms with Crippen LogP contribution in [0.5, 0.6) is 0 Å². The van der Waals surface area contributed by atoms with Crippen molar-refractivity contribution >= 4 is 22.2 Å². The van der Waals surface area contributed by atoms with Gasteiger partial charge < -0.3 is 5.32 Å². The average Bonchev–Trinajstić information content (AvgIpc) is 3.04. The normalized spacial score (nSPS) is 20.6. The van der Waals surface area contributed by atoms with Crippen LogP contribution in [0.1, 0.15) is 81.7 Å². The monoisotopic (exact) mass is 401 g/mol. The Bertz CT molecular complexity index is 740. The number of rotatable bonds is 6. The smallest absolute Gasteiger partial charge is 0.239 e. The van der Waals surface area contributed by atoms with Crippen LogP contribution in [0.3, 0.4) is 0 Å². The molecule has 1 heterocycles. The van der Waals surface area contributed by atoms with Crippen molar-refractivity contribution in [1.29, 1.82) is 5.26 Å². The van der Waals surface area contributed by atoms with Gasteiger partial charge in [0.1, 0.15) is 11.1 Å². The van der Waals surface area contributed by atoms with Crippen molar-refractivity contribution in [2.45, 2.75) is 84.6 Å². The number of amides is 1. The summed E-state index contributed by atoms with van der Waals surface area (Å²) < 4.78 is 0. The quantitative estimate of drug-likeness (QED) is 0.698. The number of anilines is 1. The van der Waals surface area contributed by atoms with Crippen molar-refractivity contribution in [3.05, 3.63) is 16.0 Å². The summed E-state index contributed by atoms with van der Waals surface area (Å²) in [7, 11) is 2.05. The minimum atomic E-state index is 0.00797. The minimum Gasteiger partial charge on any atom is -0.315 e. The van der Waals surface area contributed by atoms with Gasteiger partial charge in [-0.25, -0.2) is 0 Å².